The molecule has 29 nitrogen and oxygen atoms in total. The third kappa shape index (κ3) is 28.8. The first-order chi connectivity index (χ1) is 66.3. The summed E-state index contributed by atoms with van der Waals surface area (Å²) in [6.07, 6.45) is -27.7. The lowest BCUT2D eigenvalue weighted by Crippen LogP contribution is -2.61. The van der Waals surface area contributed by atoms with Gasteiger partial charge < -0.3 is 67.9 Å². The van der Waals surface area contributed by atoms with E-state index in [1.807, 2.05) is 51.1 Å². The molecule has 12 saturated heterocycles. The Morgan fingerprint density at radius 3 is 0.887 bits per heavy atom. The monoisotopic (exact) mass is 2110 g/mol. The van der Waals surface area contributed by atoms with Gasteiger partial charge >= 0.3 is 55.3 Å². The van der Waals surface area contributed by atoms with E-state index >= 15 is 0 Å². The van der Waals surface area contributed by atoms with Gasteiger partial charge in [-0.15, -0.1) is 0 Å². The van der Waals surface area contributed by atoms with Crippen molar-refractivity contribution in [2.24, 2.45) is 28.1 Å². The highest BCUT2D eigenvalue weighted by atomic mass is 35.5. The molecule has 6 unspecified atom stereocenters. The van der Waals surface area contributed by atoms with Gasteiger partial charge in [0.05, 0.1) is 18.1 Å². The van der Waals surface area contributed by atoms with Gasteiger partial charge in [-0.1, -0.05) is 53.5 Å². The Morgan fingerprint density at radius 1 is 0.359 bits per heavy atom. The number of aryl methyl sites for hydroxylation is 1. The van der Waals surface area contributed by atoms with Gasteiger partial charge in [0, 0.05) is 292 Å². The summed E-state index contributed by atoms with van der Waals surface area (Å²) in [5.74, 6) is 1.59. The lowest BCUT2D eigenvalue weighted by molar-refractivity contribution is -0.200. The lowest BCUT2D eigenvalue weighted by Gasteiger charge is -2.54. The van der Waals surface area contributed by atoms with Crippen molar-refractivity contribution in [2.75, 3.05) is 249 Å². The average molecular weight is 2110 g/mol. The summed E-state index contributed by atoms with van der Waals surface area (Å²) in [5, 5.41) is 1.30. The topological polar surface area (TPSA) is 242 Å². The molecule has 16 rings (SSSR count). The first-order valence-electron chi connectivity index (χ1n) is 48.0. The normalized spacial score (nSPS) is 22.9. The van der Waals surface area contributed by atoms with Crippen LogP contribution < -0.4 is 19.6 Å². The first kappa shape index (κ1) is 111. The van der Waals surface area contributed by atoms with Crippen molar-refractivity contribution in [3.63, 3.8) is 0 Å². The number of anilines is 4. The van der Waals surface area contributed by atoms with Crippen molar-refractivity contribution in [3.8, 4) is 0 Å². The first-order valence-corrected chi connectivity index (χ1v) is 52.4. The second-order valence-electron chi connectivity index (χ2n) is 40.4. The molecule has 6 atom stereocenters. The predicted molar refractivity (Wildman–Crippen MR) is 504 cm³/mol. The standard InChI is InChI=1S/C24H32ClF3N4O3.C24H32F6N4O4S.C23H32ClF3N4O4S.C23H33F3N4O2/c1-17(24(26,27)28)35-22(34)31-11-9-29(10-12-31)14-19-3-4-20(25)13-21(19)30-7-5-23(6-8-30)15-32(16-23)18(2)33;1-17(23(25,26)27)38-21(35)33-11-9-31(10-12-33)14-18-3-4-19(24(28,29)30)13-20(18)32-7-5-22(6-8-32)15-34(16-22)39(2,36)37;1-17(23(25,26)27)35-21(32)30-11-9-28(10-12-30)14-18-3-4-19(24)13-20(18)29-7-5-22(6-8-29)15-31(16-22)36(2,33)34;1-16-4-5-18(21(10-16)30-14-19-11-27(3)12-20(19)15-30)13-28-6-8-29(9-7-28)22(31)32-17(2)23(24,25)26/h3-4,13,17H,5-12,14-16H2,1-2H3;3-4,13,17H,5-12,14-16H2,1-2H3;3-4,13,17H,5-12,14-16H2,1-2H3;4-5,10,17,19-20H,6-9,11-15H2,1-3H3. The van der Waals surface area contributed by atoms with E-state index in [1.165, 1.54) is 57.3 Å². The summed E-state index contributed by atoms with van der Waals surface area (Å²) in [7, 11) is -4.22. The molecule has 4 aromatic rings. The minimum Gasteiger partial charge on any atom is -0.437 e. The Balaban J connectivity index is 0.000000159. The van der Waals surface area contributed by atoms with Gasteiger partial charge in [-0.05, 0) is 162 Å². The van der Waals surface area contributed by atoms with Crippen LogP contribution in [0.25, 0.3) is 0 Å². The Bertz CT molecular complexity index is 5240. The summed E-state index contributed by atoms with van der Waals surface area (Å²) >= 11 is 12.7. The maximum Gasteiger partial charge on any atom is 0.425 e. The maximum absolute atomic E-state index is 13.5. The Labute approximate surface area is 829 Å². The number of hydrogen-bond donors (Lipinski definition) is 0. The van der Waals surface area contributed by atoms with Crippen molar-refractivity contribution in [1.82, 2.24) is 57.6 Å². The largest absolute Gasteiger partial charge is 0.437 e. The van der Waals surface area contributed by atoms with Crippen molar-refractivity contribution in [1.29, 1.82) is 0 Å². The zero-order chi connectivity index (χ0) is 104. The van der Waals surface area contributed by atoms with Gasteiger partial charge in [0.25, 0.3) is 0 Å². The van der Waals surface area contributed by atoms with E-state index in [2.05, 4.69) is 85.4 Å². The highest BCUT2D eigenvalue weighted by molar-refractivity contribution is 7.88. The molecule has 0 bridgehead atoms. The van der Waals surface area contributed by atoms with E-state index in [9.17, 15) is 107 Å². The number of ether oxygens (including phenoxy) is 4. The van der Waals surface area contributed by atoms with Crippen LogP contribution in [0.2, 0.25) is 10.0 Å². The zero-order valence-corrected chi connectivity index (χ0v) is 84.4. The number of rotatable bonds is 18. The molecule has 0 saturated carbocycles. The van der Waals surface area contributed by atoms with E-state index < -0.39 is 105 Å². The lowest BCUT2D eigenvalue weighted by atomic mass is 9.72. The summed E-state index contributed by atoms with van der Waals surface area (Å²) in [6.45, 7) is 28.1. The summed E-state index contributed by atoms with van der Waals surface area (Å²) in [4.78, 5) is 87.1. The fourth-order valence-electron chi connectivity index (χ4n) is 20.6. The third-order valence-electron chi connectivity index (χ3n) is 29.8. The van der Waals surface area contributed by atoms with Crippen LogP contribution in [0.4, 0.5) is 108 Å². The fraction of sp³-hybridized carbons (Fsp3) is 0.691. The van der Waals surface area contributed by atoms with Crippen LogP contribution in [0.1, 0.15) is 107 Å². The third-order valence-corrected chi connectivity index (χ3v) is 32.6. The predicted octanol–water partition coefficient (Wildman–Crippen LogP) is 14.4. The van der Waals surface area contributed by atoms with Crippen LogP contribution in [-0.4, -0.2) is 383 Å². The van der Waals surface area contributed by atoms with Crippen molar-refractivity contribution < 1.29 is 126 Å². The van der Waals surface area contributed by atoms with Gasteiger partial charge in [-0.3, -0.25) is 24.4 Å². The second-order valence-corrected chi connectivity index (χ2v) is 45.2. The number of alkyl halides is 15. The maximum atomic E-state index is 13.5. The quantitative estimate of drug-likeness (QED) is 0.0664. The van der Waals surface area contributed by atoms with Gasteiger partial charge in [0.15, 0.2) is 24.4 Å². The van der Waals surface area contributed by atoms with E-state index in [0.29, 0.717) is 172 Å². The Morgan fingerprint density at radius 2 is 0.620 bits per heavy atom. The van der Waals surface area contributed by atoms with Gasteiger partial charge in [0.1, 0.15) is 0 Å². The fourth-order valence-corrected chi connectivity index (χ4v) is 23.0. The number of fused-ring (bicyclic) bond motifs is 1. The zero-order valence-electron chi connectivity index (χ0n) is 81.3. The number of likely N-dealkylation sites (tertiary alicyclic amines) is 2. The SMILES string of the molecule is CC(=O)N1CC2(CCN(c3cc(Cl)ccc3CN3CCN(C(=O)OC(C)C(F)(F)F)CC3)CC2)C1.CC(OC(=O)N1CCN(Cc2ccc(C(F)(F)F)cc2N2CCC3(CC2)CN(S(C)(=O)=O)C3)CC1)C(F)(F)F.CC(OC(=O)N1CCN(Cc2ccc(Cl)cc2N2CCC3(CC2)CN(S(C)(=O)=O)C3)CC1)C(F)(F)F.Cc1ccc(CN2CCN(C(=O)OC(C)C(F)(F)F)CC2)c(N2CC3CN(C)CC3C2)c1. The molecule has 3 spiro atoms. The molecule has 12 fully saturated rings. The highest BCUT2D eigenvalue weighted by Gasteiger charge is 2.53. The molecule has 12 aliphatic rings. The molecule has 0 radical (unpaired) electrons. The van der Waals surface area contributed by atoms with Crippen LogP contribution in [0.15, 0.2) is 72.8 Å². The van der Waals surface area contributed by atoms with E-state index in [0.717, 1.165) is 178 Å². The van der Waals surface area contributed by atoms with Crippen LogP contribution in [0, 0.1) is 35.0 Å². The molecule has 0 aromatic heterocycles. The van der Waals surface area contributed by atoms with E-state index in [1.54, 1.807) is 6.92 Å². The number of piperazine rings is 4. The number of benzene rings is 4. The van der Waals surface area contributed by atoms with Crippen molar-refractivity contribution >= 4 is 96.3 Å². The second kappa shape index (κ2) is 44.8. The molecule has 142 heavy (non-hydrogen) atoms. The molecule has 0 aliphatic carbocycles. The number of halogens is 17. The molecular weight excluding hydrogens is 1980 g/mol. The Kier molecular flexibility index (Phi) is 35.0. The highest BCUT2D eigenvalue weighted by Crippen LogP contribution is 2.48. The molecule has 5 amide bonds. The average Bonchev–Trinajstić information content (AvgIpc) is 1.15. The number of amides is 5. The molecule has 4 aromatic carbocycles. The molecular formula is C94H129Cl2F15N16O13S2. The van der Waals surface area contributed by atoms with Crippen LogP contribution in [0.5, 0.6) is 0 Å². The smallest absolute Gasteiger partial charge is 0.425 e. The number of hydrogen-bond acceptors (Lipinski definition) is 22. The number of carbonyl (C=O) groups is 5. The summed E-state index contributed by atoms with van der Waals surface area (Å²) < 4.78 is 261. The molecule has 0 N–H and O–H groups in total. The molecule has 48 heteroatoms. The van der Waals surface area contributed by atoms with Crippen molar-refractivity contribution in [2.45, 2.75) is 162 Å². The van der Waals surface area contributed by atoms with Crippen LogP contribution >= 0.6 is 23.2 Å². The van der Waals surface area contributed by atoms with Crippen LogP contribution in [0.3, 0.4) is 0 Å². The molecule has 12 heterocycles. The van der Waals surface area contributed by atoms with Gasteiger partial charge in [0.2, 0.25) is 26.0 Å². The number of nitrogens with zero attached hydrogens (tertiary/aromatic N) is 16. The minimum atomic E-state index is -4.66. The Hall–Kier alpha value is -8.22. The molecule has 12 aliphatic heterocycles. The number of carbonyl (C=O) groups excluding carboxylic acids is 5. The summed E-state index contributed by atoms with van der Waals surface area (Å²) in [6, 6.07) is 21.9. The number of piperidine rings is 3. The number of sulfonamides is 2. The molecule has 794 valence electrons. The summed E-state index contributed by atoms with van der Waals surface area (Å²) in [5.41, 5.74) is 8.64. The van der Waals surface area contributed by atoms with Gasteiger partial charge in [-0.25, -0.2) is 44.6 Å². The minimum absolute atomic E-state index is 0.0485. The van der Waals surface area contributed by atoms with Crippen molar-refractivity contribution in [3.05, 3.63) is 116 Å². The van der Waals surface area contributed by atoms with Gasteiger partial charge in [-0.2, -0.15) is 65.9 Å². The van der Waals surface area contributed by atoms with Crippen LogP contribution in [-0.2, 0) is 76.1 Å². The van der Waals surface area contributed by atoms with E-state index in [4.69, 9.17) is 23.2 Å². The van der Waals surface area contributed by atoms with E-state index in [-0.39, 0.29) is 48.3 Å².